The van der Waals surface area contributed by atoms with Crippen LogP contribution in [-0.2, 0) is 4.74 Å². The zero-order valence-corrected chi connectivity index (χ0v) is 14.8. The van der Waals surface area contributed by atoms with Gasteiger partial charge in [0.25, 0.3) is 5.91 Å². The van der Waals surface area contributed by atoms with Crippen molar-refractivity contribution in [1.29, 1.82) is 0 Å². The van der Waals surface area contributed by atoms with Gasteiger partial charge in [0.2, 0.25) is 0 Å². The smallest absolute Gasteiger partial charge is 0.354 e. The molecule has 1 aliphatic rings. The average Bonchev–Trinajstić information content (AvgIpc) is 2.56. The zero-order valence-electron chi connectivity index (χ0n) is 14.8. The first-order valence-corrected chi connectivity index (χ1v) is 8.38. The van der Waals surface area contributed by atoms with Gasteiger partial charge in [0, 0.05) is 25.1 Å². The average molecular weight is 334 g/mol. The predicted molar refractivity (Wildman–Crippen MR) is 90.1 cm³/mol. The summed E-state index contributed by atoms with van der Waals surface area (Å²) in [5, 5.41) is 9.01. The van der Waals surface area contributed by atoms with Gasteiger partial charge in [-0.25, -0.2) is 9.78 Å². The lowest BCUT2D eigenvalue weighted by Crippen LogP contribution is -2.62. The number of carboxylic acid groups (broad SMARTS) is 1. The molecule has 1 aromatic heterocycles. The van der Waals surface area contributed by atoms with Crippen molar-refractivity contribution < 1.29 is 19.4 Å². The molecule has 1 fully saturated rings. The normalized spacial score (nSPS) is 21.8. The lowest BCUT2D eigenvalue weighted by Gasteiger charge is -2.54. The summed E-state index contributed by atoms with van der Waals surface area (Å²) in [6.07, 6.45) is 3.07. The Bertz CT molecular complexity index is 615. The summed E-state index contributed by atoms with van der Waals surface area (Å²) in [6.45, 7) is 7.07. The van der Waals surface area contributed by atoms with Gasteiger partial charge in [-0.15, -0.1) is 0 Å². The van der Waals surface area contributed by atoms with Gasteiger partial charge >= 0.3 is 5.97 Å². The van der Waals surface area contributed by atoms with E-state index in [0.29, 0.717) is 0 Å². The number of carbonyl (C=O) groups excluding carboxylic acids is 1. The Balaban J connectivity index is 2.04. The number of carbonyl (C=O) groups is 2. The predicted octanol–water partition coefficient (Wildman–Crippen LogP) is 2.84. The van der Waals surface area contributed by atoms with Crippen molar-refractivity contribution in [3.05, 3.63) is 29.6 Å². The van der Waals surface area contributed by atoms with Gasteiger partial charge in [0.15, 0.2) is 0 Å². The third-order valence-electron chi connectivity index (χ3n) is 4.92. The quantitative estimate of drug-likeness (QED) is 0.776. The Hall–Kier alpha value is -1.95. The van der Waals surface area contributed by atoms with Gasteiger partial charge in [0.1, 0.15) is 11.4 Å². The van der Waals surface area contributed by atoms with Gasteiger partial charge in [-0.05, 0) is 25.0 Å². The number of ether oxygens (including phenoxy) is 1. The van der Waals surface area contributed by atoms with Crippen LogP contribution in [0.2, 0.25) is 0 Å². The van der Waals surface area contributed by atoms with Gasteiger partial charge in [0.05, 0.1) is 6.10 Å². The molecule has 2 rings (SSSR count). The molecule has 1 aromatic rings. The summed E-state index contributed by atoms with van der Waals surface area (Å²) in [7, 11) is 1.74. The van der Waals surface area contributed by atoms with Crippen molar-refractivity contribution >= 4 is 11.9 Å². The van der Waals surface area contributed by atoms with E-state index >= 15 is 0 Å². The number of aromatic carboxylic acids is 1. The SMILES string of the molecule is CCCCOC1CC(N(C)C(=O)c2cccc(C(=O)O)n2)C1(C)C. The highest BCUT2D eigenvalue weighted by Gasteiger charge is 2.52. The third kappa shape index (κ3) is 3.59. The summed E-state index contributed by atoms with van der Waals surface area (Å²) in [5.74, 6) is -1.40. The van der Waals surface area contributed by atoms with Gasteiger partial charge in [-0.2, -0.15) is 0 Å². The van der Waals surface area contributed by atoms with Crippen LogP contribution in [0, 0.1) is 5.41 Å². The fraction of sp³-hybridized carbons (Fsp3) is 0.611. The Labute approximate surface area is 142 Å². The third-order valence-corrected chi connectivity index (χ3v) is 4.92. The number of aromatic nitrogens is 1. The number of nitrogens with zero attached hydrogens (tertiary/aromatic N) is 2. The lowest BCUT2D eigenvalue weighted by molar-refractivity contribution is -0.140. The highest BCUT2D eigenvalue weighted by atomic mass is 16.5. The highest BCUT2D eigenvalue weighted by Crippen LogP contribution is 2.45. The monoisotopic (exact) mass is 334 g/mol. The molecule has 1 N–H and O–H groups in total. The Morgan fingerprint density at radius 1 is 1.38 bits per heavy atom. The first kappa shape index (κ1) is 18.4. The standard InChI is InChI=1S/C18H26N2O4/c1-5-6-10-24-15-11-14(18(15,2)3)20(4)16(21)12-8-7-9-13(19-12)17(22)23/h7-9,14-15H,5-6,10-11H2,1-4H3,(H,22,23). The first-order valence-electron chi connectivity index (χ1n) is 8.38. The number of unbranched alkanes of at least 4 members (excludes halogenated alkanes) is 1. The molecule has 6 heteroatoms. The van der Waals surface area contributed by atoms with Crippen LogP contribution >= 0.6 is 0 Å². The Morgan fingerprint density at radius 2 is 2.04 bits per heavy atom. The van der Waals surface area contributed by atoms with Crippen LogP contribution in [-0.4, -0.2) is 52.7 Å². The van der Waals surface area contributed by atoms with Crippen molar-refractivity contribution in [3.8, 4) is 0 Å². The number of hydrogen-bond acceptors (Lipinski definition) is 4. The molecule has 0 spiro atoms. The molecule has 1 amide bonds. The molecule has 0 aliphatic heterocycles. The minimum Gasteiger partial charge on any atom is -0.477 e. The summed E-state index contributed by atoms with van der Waals surface area (Å²) in [6, 6.07) is 4.52. The second kappa shape index (κ2) is 7.30. The second-order valence-electron chi connectivity index (χ2n) is 6.92. The molecule has 1 aliphatic carbocycles. The fourth-order valence-corrected chi connectivity index (χ4v) is 3.17. The molecule has 132 valence electrons. The molecule has 0 bridgehead atoms. The topological polar surface area (TPSA) is 79.7 Å². The number of carboxylic acids is 1. The van der Waals surface area contributed by atoms with Gasteiger partial charge in [-0.3, -0.25) is 4.79 Å². The van der Waals surface area contributed by atoms with E-state index in [1.807, 2.05) is 0 Å². The van der Waals surface area contributed by atoms with E-state index in [4.69, 9.17) is 9.84 Å². The van der Waals surface area contributed by atoms with Crippen molar-refractivity contribution in [2.45, 2.75) is 52.2 Å². The molecular formula is C18H26N2O4. The molecule has 0 aromatic carbocycles. The van der Waals surface area contributed by atoms with Gasteiger partial charge in [-0.1, -0.05) is 33.3 Å². The second-order valence-corrected chi connectivity index (χ2v) is 6.92. The van der Waals surface area contributed by atoms with Gasteiger partial charge < -0.3 is 14.7 Å². The molecule has 24 heavy (non-hydrogen) atoms. The van der Waals surface area contributed by atoms with Crippen LogP contribution in [0.25, 0.3) is 0 Å². The molecule has 2 unspecified atom stereocenters. The molecule has 1 saturated carbocycles. The molecule has 6 nitrogen and oxygen atoms in total. The van der Waals surface area contributed by atoms with Crippen LogP contribution in [0.15, 0.2) is 18.2 Å². The molecule has 2 atom stereocenters. The maximum Gasteiger partial charge on any atom is 0.354 e. The largest absolute Gasteiger partial charge is 0.477 e. The van der Waals surface area contributed by atoms with Crippen LogP contribution in [0.4, 0.5) is 0 Å². The zero-order chi connectivity index (χ0) is 17.9. The van der Waals surface area contributed by atoms with E-state index in [2.05, 4.69) is 25.8 Å². The fourth-order valence-electron chi connectivity index (χ4n) is 3.17. The Kier molecular flexibility index (Phi) is 5.59. The minimum absolute atomic E-state index is 0.0481. The molecule has 1 heterocycles. The summed E-state index contributed by atoms with van der Waals surface area (Å²) >= 11 is 0. The minimum atomic E-state index is -1.14. The number of rotatable bonds is 7. The number of hydrogen-bond donors (Lipinski definition) is 1. The van der Waals surface area contributed by atoms with Crippen LogP contribution < -0.4 is 0 Å². The van der Waals surface area contributed by atoms with E-state index < -0.39 is 5.97 Å². The molecular weight excluding hydrogens is 308 g/mol. The maximum atomic E-state index is 12.6. The van der Waals surface area contributed by atoms with Crippen molar-refractivity contribution in [1.82, 2.24) is 9.88 Å². The van der Waals surface area contributed by atoms with Crippen LogP contribution in [0.1, 0.15) is 61.0 Å². The Morgan fingerprint density at radius 3 is 2.62 bits per heavy atom. The molecule has 0 radical (unpaired) electrons. The van der Waals surface area contributed by atoms with E-state index in [1.54, 1.807) is 24.1 Å². The summed E-state index contributed by atoms with van der Waals surface area (Å²) in [4.78, 5) is 29.3. The first-order chi connectivity index (χ1) is 11.3. The van der Waals surface area contributed by atoms with E-state index in [-0.39, 0.29) is 34.9 Å². The van der Waals surface area contributed by atoms with Crippen molar-refractivity contribution in [3.63, 3.8) is 0 Å². The van der Waals surface area contributed by atoms with Crippen LogP contribution in [0.3, 0.4) is 0 Å². The summed E-state index contributed by atoms with van der Waals surface area (Å²) in [5.41, 5.74) is -0.103. The van der Waals surface area contributed by atoms with Crippen molar-refractivity contribution in [2.24, 2.45) is 5.41 Å². The lowest BCUT2D eigenvalue weighted by atomic mass is 9.63. The highest BCUT2D eigenvalue weighted by molar-refractivity contribution is 5.94. The molecule has 0 saturated heterocycles. The van der Waals surface area contributed by atoms with E-state index in [0.717, 1.165) is 25.9 Å². The number of pyridine rings is 1. The van der Waals surface area contributed by atoms with Crippen molar-refractivity contribution in [2.75, 3.05) is 13.7 Å². The maximum absolute atomic E-state index is 12.6. The number of amides is 1. The van der Waals surface area contributed by atoms with E-state index in [9.17, 15) is 9.59 Å². The van der Waals surface area contributed by atoms with Crippen LogP contribution in [0.5, 0.6) is 0 Å². The van der Waals surface area contributed by atoms with E-state index in [1.165, 1.54) is 6.07 Å². The summed E-state index contributed by atoms with van der Waals surface area (Å²) < 4.78 is 5.92.